The van der Waals surface area contributed by atoms with Gasteiger partial charge in [0.2, 0.25) is 5.91 Å². The van der Waals surface area contributed by atoms with Crippen LogP contribution in [-0.4, -0.2) is 56.6 Å². The molecule has 4 amide bonds. The number of rotatable bonds is 4. The summed E-state index contributed by atoms with van der Waals surface area (Å²) in [5.41, 5.74) is 1.94. The second-order valence-electron chi connectivity index (χ2n) is 6.37. The number of hydrogen-bond acceptors (Lipinski definition) is 4. The van der Waals surface area contributed by atoms with Crippen LogP contribution < -0.4 is 5.32 Å². The van der Waals surface area contributed by atoms with Gasteiger partial charge in [0, 0.05) is 19.6 Å². The van der Waals surface area contributed by atoms with E-state index >= 15 is 0 Å². The van der Waals surface area contributed by atoms with E-state index in [1.165, 1.54) is 4.90 Å². The summed E-state index contributed by atoms with van der Waals surface area (Å²) in [7, 11) is 0. The highest BCUT2D eigenvalue weighted by atomic mass is 16.2. The number of fused-ring (bicyclic) bond motifs is 1. The van der Waals surface area contributed by atoms with Crippen molar-refractivity contribution in [3.8, 4) is 0 Å². The third-order valence-corrected chi connectivity index (χ3v) is 4.42. The number of hydrogen-bond donors (Lipinski definition) is 1. The van der Waals surface area contributed by atoms with Crippen molar-refractivity contribution in [2.24, 2.45) is 0 Å². The number of nitrogens with zero attached hydrogens (tertiary/aromatic N) is 4. The zero-order valence-corrected chi connectivity index (χ0v) is 14.1. The van der Waals surface area contributed by atoms with Crippen LogP contribution in [0.3, 0.4) is 0 Å². The molecule has 8 nitrogen and oxygen atoms in total. The van der Waals surface area contributed by atoms with E-state index in [1.54, 1.807) is 4.90 Å². The highest BCUT2D eigenvalue weighted by Gasteiger charge is 2.39. The minimum absolute atomic E-state index is 0.0118. The SMILES string of the molecule is CCCN1C(=O)N[C@@H](CC(=O)N2CCCn3nc(C)cc3C2)C1=O. The molecule has 1 saturated heterocycles. The van der Waals surface area contributed by atoms with Crippen LogP contribution in [0.1, 0.15) is 37.6 Å². The first-order valence-electron chi connectivity index (χ1n) is 8.42. The molecule has 1 fully saturated rings. The van der Waals surface area contributed by atoms with Gasteiger partial charge in [0.1, 0.15) is 6.04 Å². The molecule has 130 valence electrons. The summed E-state index contributed by atoms with van der Waals surface area (Å²) in [6, 6.07) is 0.840. The summed E-state index contributed by atoms with van der Waals surface area (Å²) in [4.78, 5) is 39.6. The third-order valence-electron chi connectivity index (χ3n) is 4.42. The number of amides is 4. The molecule has 8 heteroatoms. The van der Waals surface area contributed by atoms with E-state index < -0.39 is 12.1 Å². The fourth-order valence-electron chi connectivity index (χ4n) is 3.27. The number of aromatic nitrogens is 2. The molecule has 0 aromatic carbocycles. The molecule has 0 saturated carbocycles. The first-order chi connectivity index (χ1) is 11.5. The van der Waals surface area contributed by atoms with Gasteiger partial charge < -0.3 is 10.2 Å². The molecule has 1 atom stereocenters. The summed E-state index contributed by atoms with van der Waals surface area (Å²) >= 11 is 0. The van der Waals surface area contributed by atoms with Crippen LogP contribution in [0, 0.1) is 6.92 Å². The molecule has 24 heavy (non-hydrogen) atoms. The Morgan fingerprint density at radius 2 is 2.17 bits per heavy atom. The van der Waals surface area contributed by atoms with Crippen molar-refractivity contribution in [1.29, 1.82) is 0 Å². The van der Waals surface area contributed by atoms with Crippen LogP contribution in [0.2, 0.25) is 0 Å². The predicted molar refractivity (Wildman–Crippen MR) is 85.9 cm³/mol. The maximum absolute atomic E-state index is 12.6. The van der Waals surface area contributed by atoms with Gasteiger partial charge in [0.25, 0.3) is 5.91 Å². The zero-order chi connectivity index (χ0) is 17.3. The van der Waals surface area contributed by atoms with Crippen LogP contribution in [0.5, 0.6) is 0 Å². The zero-order valence-electron chi connectivity index (χ0n) is 14.1. The van der Waals surface area contributed by atoms with E-state index in [1.807, 2.05) is 24.6 Å². The molecule has 0 spiro atoms. The average Bonchev–Trinajstić information content (AvgIpc) is 2.92. The molecule has 3 rings (SSSR count). The van der Waals surface area contributed by atoms with E-state index in [9.17, 15) is 14.4 Å². The van der Waals surface area contributed by atoms with Crippen LogP contribution in [0.4, 0.5) is 4.79 Å². The first-order valence-corrected chi connectivity index (χ1v) is 8.42. The summed E-state index contributed by atoms with van der Waals surface area (Å²) in [5, 5.41) is 7.04. The highest BCUT2D eigenvalue weighted by Crippen LogP contribution is 2.17. The maximum Gasteiger partial charge on any atom is 0.324 e. The minimum Gasteiger partial charge on any atom is -0.337 e. The van der Waals surface area contributed by atoms with Gasteiger partial charge in [0.15, 0.2) is 0 Å². The Kier molecular flexibility index (Phi) is 4.55. The largest absolute Gasteiger partial charge is 0.337 e. The third kappa shape index (κ3) is 3.13. The summed E-state index contributed by atoms with van der Waals surface area (Å²) in [5.74, 6) is -0.412. The van der Waals surface area contributed by atoms with Crippen LogP contribution >= 0.6 is 0 Å². The van der Waals surface area contributed by atoms with Gasteiger partial charge >= 0.3 is 6.03 Å². The van der Waals surface area contributed by atoms with Crippen molar-refractivity contribution < 1.29 is 14.4 Å². The highest BCUT2D eigenvalue weighted by molar-refractivity contribution is 6.05. The lowest BCUT2D eigenvalue weighted by Gasteiger charge is -2.21. The molecule has 1 N–H and O–H groups in total. The van der Waals surface area contributed by atoms with Crippen molar-refractivity contribution in [3.63, 3.8) is 0 Å². The number of urea groups is 1. The van der Waals surface area contributed by atoms with E-state index in [0.717, 1.165) is 24.4 Å². The number of carbonyl (C=O) groups excluding carboxylic acids is 3. The van der Waals surface area contributed by atoms with E-state index in [2.05, 4.69) is 10.4 Å². The van der Waals surface area contributed by atoms with Gasteiger partial charge in [-0.1, -0.05) is 6.92 Å². The number of carbonyl (C=O) groups is 3. The van der Waals surface area contributed by atoms with Crippen molar-refractivity contribution in [2.45, 2.75) is 52.2 Å². The molecule has 0 radical (unpaired) electrons. The van der Waals surface area contributed by atoms with Crippen LogP contribution in [0.25, 0.3) is 0 Å². The Balaban J connectivity index is 1.65. The van der Waals surface area contributed by atoms with E-state index in [-0.39, 0.29) is 18.2 Å². The van der Waals surface area contributed by atoms with Crippen molar-refractivity contribution >= 4 is 17.8 Å². The summed E-state index contributed by atoms with van der Waals surface area (Å²) < 4.78 is 1.94. The molecule has 1 aromatic heterocycles. The fraction of sp³-hybridized carbons (Fsp3) is 0.625. The van der Waals surface area contributed by atoms with E-state index in [4.69, 9.17) is 0 Å². The monoisotopic (exact) mass is 333 g/mol. The van der Waals surface area contributed by atoms with Crippen LogP contribution in [-0.2, 0) is 22.7 Å². The lowest BCUT2D eigenvalue weighted by molar-refractivity contribution is -0.136. The van der Waals surface area contributed by atoms with Gasteiger partial charge in [-0.3, -0.25) is 19.2 Å². The number of imide groups is 1. The lowest BCUT2D eigenvalue weighted by Crippen LogP contribution is -2.39. The first kappa shape index (κ1) is 16.5. The topological polar surface area (TPSA) is 87.5 Å². The number of aryl methyl sites for hydroxylation is 2. The molecule has 0 bridgehead atoms. The summed E-state index contributed by atoms with van der Waals surface area (Å²) in [6.07, 6.45) is 1.54. The smallest absolute Gasteiger partial charge is 0.324 e. The predicted octanol–water partition coefficient (Wildman–Crippen LogP) is 0.644. The molecule has 3 heterocycles. The van der Waals surface area contributed by atoms with Crippen molar-refractivity contribution in [1.82, 2.24) is 24.9 Å². The molecule has 0 unspecified atom stereocenters. The van der Waals surface area contributed by atoms with Crippen LogP contribution in [0.15, 0.2) is 6.07 Å². The molecular weight excluding hydrogens is 310 g/mol. The molecule has 0 aliphatic carbocycles. The number of nitrogens with one attached hydrogen (secondary N) is 1. The standard InChI is InChI=1S/C16H23N5O3/c1-3-5-20-15(23)13(17-16(20)24)9-14(22)19-6-4-7-21-12(10-19)8-11(2)18-21/h8,13H,3-7,9-10H2,1-2H3,(H,17,24)/t13-/m0/s1. The normalized spacial score (nSPS) is 20.8. The van der Waals surface area contributed by atoms with Crippen molar-refractivity contribution in [2.75, 3.05) is 13.1 Å². The Hall–Kier alpha value is -2.38. The van der Waals surface area contributed by atoms with Gasteiger partial charge in [0.05, 0.1) is 24.4 Å². The van der Waals surface area contributed by atoms with Gasteiger partial charge in [-0.2, -0.15) is 5.10 Å². The maximum atomic E-state index is 12.6. The quantitative estimate of drug-likeness (QED) is 0.819. The molecular formula is C16H23N5O3. The minimum atomic E-state index is -0.744. The van der Waals surface area contributed by atoms with Gasteiger partial charge in [-0.15, -0.1) is 0 Å². The summed E-state index contributed by atoms with van der Waals surface area (Å²) in [6.45, 7) is 6.14. The molecule has 1 aromatic rings. The van der Waals surface area contributed by atoms with Gasteiger partial charge in [-0.25, -0.2) is 4.79 Å². The van der Waals surface area contributed by atoms with E-state index in [0.29, 0.717) is 26.1 Å². The Morgan fingerprint density at radius 1 is 1.38 bits per heavy atom. The molecule has 2 aliphatic heterocycles. The van der Waals surface area contributed by atoms with Gasteiger partial charge in [-0.05, 0) is 25.8 Å². The Bertz CT molecular complexity index is 669. The van der Waals surface area contributed by atoms with Crippen molar-refractivity contribution in [3.05, 3.63) is 17.5 Å². The fourth-order valence-corrected chi connectivity index (χ4v) is 3.27. The Labute approximate surface area is 140 Å². The second-order valence-corrected chi connectivity index (χ2v) is 6.37. The second kappa shape index (κ2) is 6.62. The average molecular weight is 333 g/mol. The lowest BCUT2D eigenvalue weighted by atomic mass is 10.1. The molecule has 2 aliphatic rings. The Morgan fingerprint density at radius 3 is 2.92 bits per heavy atom.